The van der Waals surface area contributed by atoms with E-state index in [4.69, 9.17) is 5.11 Å². The SMILES string of the molecule is CC(C)[C@@H](C(=O)O)N(C)C.Cl. The molecule has 11 heavy (non-hydrogen) atoms. The monoisotopic (exact) mass is 181 g/mol. The van der Waals surface area contributed by atoms with E-state index in [1.807, 2.05) is 13.8 Å². The molecule has 0 saturated carbocycles. The van der Waals surface area contributed by atoms with E-state index in [1.165, 1.54) is 0 Å². The number of carboxylic acids is 1. The number of hydrogen-bond donors (Lipinski definition) is 1. The molecule has 0 aliphatic heterocycles. The quantitative estimate of drug-likeness (QED) is 0.709. The predicted octanol–water partition coefficient (Wildman–Crippen LogP) is 1.08. The molecule has 0 saturated heterocycles. The van der Waals surface area contributed by atoms with E-state index < -0.39 is 5.97 Å². The molecule has 0 aliphatic carbocycles. The van der Waals surface area contributed by atoms with E-state index in [2.05, 4.69) is 0 Å². The van der Waals surface area contributed by atoms with Crippen molar-refractivity contribution in [2.24, 2.45) is 5.92 Å². The Hall–Kier alpha value is -0.280. The van der Waals surface area contributed by atoms with Gasteiger partial charge in [0, 0.05) is 0 Å². The third-order valence-corrected chi connectivity index (χ3v) is 1.44. The Morgan fingerprint density at radius 1 is 1.36 bits per heavy atom. The number of carbonyl (C=O) groups is 1. The van der Waals surface area contributed by atoms with Crippen molar-refractivity contribution in [3.63, 3.8) is 0 Å². The van der Waals surface area contributed by atoms with Crippen LogP contribution in [0.1, 0.15) is 13.8 Å². The first-order valence-electron chi connectivity index (χ1n) is 3.36. The fourth-order valence-electron chi connectivity index (χ4n) is 1.10. The van der Waals surface area contributed by atoms with Crippen molar-refractivity contribution in [1.82, 2.24) is 4.90 Å². The molecule has 4 heteroatoms. The lowest BCUT2D eigenvalue weighted by Crippen LogP contribution is -2.39. The molecular weight excluding hydrogens is 166 g/mol. The first-order valence-corrected chi connectivity index (χ1v) is 3.36. The number of aliphatic carboxylic acids is 1. The summed E-state index contributed by atoms with van der Waals surface area (Å²) in [5.74, 6) is -0.590. The lowest BCUT2D eigenvalue weighted by atomic mass is 10.0. The minimum absolute atomic E-state index is 0. The average Bonchev–Trinajstić information content (AvgIpc) is 1.59. The maximum Gasteiger partial charge on any atom is 0.321 e. The summed E-state index contributed by atoms with van der Waals surface area (Å²) in [7, 11) is 3.55. The highest BCUT2D eigenvalue weighted by Crippen LogP contribution is 2.06. The van der Waals surface area contributed by atoms with Crippen molar-refractivity contribution in [1.29, 1.82) is 0 Å². The zero-order chi connectivity index (χ0) is 8.31. The smallest absolute Gasteiger partial charge is 0.321 e. The van der Waals surface area contributed by atoms with Gasteiger partial charge in [0.15, 0.2) is 0 Å². The summed E-state index contributed by atoms with van der Waals surface area (Å²) in [6.07, 6.45) is 0. The molecule has 0 heterocycles. The Bertz CT molecular complexity index is 118. The van der Waals surface area contributed by atoms with Gasteiger partial charge in [-0.15, -0.1) is 12.4 Å². The molecule has 1 atom stereocenters. The molecule has 0 rings (SSSR count). The van der Waals surface area contributed by atoms with Crippen LogP contribution < -0.4 is 0 Å². The summed E-state index contributed by atoms with van der Waals surface area (Å²) < 4.78 is 0. The highest BCUT2D eigenvalue weighted by Gasteiger charge is 2.22. The van der Waals surface area contributed by atoms with Crippen LogP contribution in [0.25, 0.3) is 0 Å². The van der Waals surface area contributed by atoms with Gasteiger partial charge in [0.1, 0.15) is 6.04 Å². The molecule has 0 bridgehead atoms. The minimum atomic E-state index is -0.750. The van der Waals surface area contributed by atoms with Crippen LogP contribution in [-0.4, -0.2) is 36.1 Å². The van der Waals surface area contributed by atoms with Crippen LogP contribution in [-0.2, 0) is 4.79 Å². The molecule has 0 unspecified atom stereocenters. The Balaban J connectivity index is 0. The Morgan fingerprint density at radius 3 is 1.73 bits per heavy atom. The van der Waals surface area contributed by atoms with E-state index in [-0.39, 0.29) is 24.4 Å². The number of halogens is 1. The van der Waals surface area contributed by atoms with Crippen LogP contribution in [0.5, 0.6) is 0 Å². The molecule has 0 amide bonds. The summed E-state index contributed by atoms with van der Waals surface area (Å²) in [6, 6.07) is -0.361. The van der Waals surface area contributed by atoms with Crippen molar-refractivity contribution in [2.45, 2.75) is 19.9 Å². The molecule has 0 aromatic carbocycles. The van der Waals surface area contributed by atoms with Gasteiger partial charge in [-0.3, -0.25) is 9.69 Å². The van der Waals surface area contributed by atoms with Gasteiger partial charge in [-0.2, -0.15) is 0 Å². The predicted molar refractivity (Wildman–Crippen MR) is 47.2 cm³/mol. The molecule has 0 spiro atoms. The maximum absolute atomic E-state index is 10.5. The topological polar surface area (TPSA) is 40.5 Å². The molecule has 1 N–H and O–H groups in total. The minimum Gasteiger partial charge on any atom is -0.480 e. The van der Waals surface area contributed by atoms with Gasteiger partial charge in [-0.25, -0.2) is 0 Å². The zero-order valence-electron chi connectivity index (χ0n) is 7.37. The van der Waals surface area contributed by atoms with E-state index in [9.17, 15) is 4.79 Å². The normalized spacial score (nSPS) is 12.9. The second-order valence-electron chi connectivity index (χ2n) is 2.99. The molecule has 0 aromatic rings. The van der Waals surface area contributed by atoms with E-state index >= 15 is 0 Å². The fraction of sp³-hybridized carbons (Fsp3) is 0.857. The highest BCUT2D eigenvalue weighted by atomic mass is 35.5. The number of rotatable bonds is 3. The third-order valence-electron chi connectivity index (χ3n) is 1.44. The van der Waals surface area contributed by atoms with Crippen LogP contribution in [0.15, 0.2) is 0 Å². The summed E-state index contributed by atoms with van der Waals surface area (Å²) in [5, 5.41) is 8.67. The average molecular weight is 182 g/mol. The molecular formula is C7H16ClNO2. The Morgan fingerprint density at radius 2 is 1.73 bits per heavy atom. The number of hydrogen-bond acceptors (Lipinski definition) is 2. The van der Waals surface area contributed by atoms with Crippen molar-refractivity contribution < 1.29 is 9.90 Å². The van der Waals surface area contributed by atoms with E-state index in [0.29, 0.717) is 0 Å². The second kappa shape index (κ2) is 5.38. The second-order valence-corrected chi connectivity index (χ2v) is 2.99. The van der Waals surface area contributed by atoms with Crippen molar-refractivity contribution in [2.75, 3.05) is 14.1 Å². The molecule has 0 fully saturated rings. The van der Waals surface area contributed by atoms with Gasteiger partial charge in [-0.1, -0.05) is 13.8 Å². The maximum atomic E-state index is 10.5. The lowest BCUT2D eigenvalue weighted by Gasteiger charge is -2.22. The molecule has 3 nitrogen and oxygen atoms in total. The van der Waals surface area contributed by atoms with E-state index in [1.54, 1.807) is 19.0 Å². The summed E-state index contributed by atoms with van der Waals surface area (Å²) in [5.41, 5.74) is 0. The highest BCUT2D eigenvalue weighted by molar-refractivity contribution is 5.85. The molecule has 0 radical (unpaired) electrons. The largest absolute Gasteiger partial charge is 0.480 e. The first kappa shape index (κ1) is 13.3. The van der Waals surface area contributed by atoms with Gasteiger partial charge in [0.05, 0.1) is 0 Å². The van der Waals surface area contributed by atoms with Gasteiger partial charge >= 0.3 is 5.97 Å². The van der Waals surface area contributed by atoms with Gasteiger partial charge in [0.25, 0.3) is 0 Å². The van der Waals surface area contributed by atoms with Crippen molar-refractivity contribution in [3.8, 4) is 0 Å². The van der Waals surface area contributed by atoms with Gasteiger partial charge < -0.3 is 5.11 Å². The Labute approximate surface area is 73.8 Å². The summed E-state index contributed by atoms with van der Waals surface area (Å²) in [4.78, 5) is 12.3. The van der Waals surface area contributed by atoms with Gasteiger partial charge in [0.2, 0.25) is 0 Å². The van der Waals surface area contributed by atoms with Crippen molar-refractivity contribution >= 4 is 18.4 Å². The molecule has 0 aliphatic rings. The third kappa shape index (κ3) is 4.22. The number of carboxylic acid groups (broad SMARTS) is 1. The van der Waals surface area contributed by atoms with Gasteiger partial charge in [-0.05, 0) is 20.0 Å². The standard InChI is InChI=1S/C7H15NO2.ClH/c1-5(2)6(7(9)10)8(3)4;/h5-6H,1-4H3,(H,9,10);1H/t6-;/m0./s1. The Kier molecular flexibility index (Phi) is 6.52. The van der Waals surface area contributed by atoms with Crippen LogP contribution in [0.2, 0.25) is 0 Å². The lowest BCUT2D eigenvalue weighted by molar-refractivity contribution is -0.143. The molecule has 68 valence electrons. The van der Waals surface area contributed by atoms with Crippen LogP contribution in [0.3, 0.4) is 0 Å². The molecule has 0 aromatic heterocycles. The number of nitrogens with zero attached hydrogens (tertiary/aromatic N) is 1. The zero-order valence-corrected chi connectivity index (χ0v) is 8.18. The van der Waals surface area contributed by atoms with Crippen LogP contribution in [0.4, 0.5) is 0 Å². The van der Waals surface area contributed by atoms with Crippen LogP contribution >= 0.6 is 12.4 Å². The first-order chi connectivity index (χ1) is 4.46. The van der Waals surface area contributed by atoms with Crippen molar-refractivity contribution in [3.05, 3.63) is 0 Å². The van der Waals surface area contributed by atoms with Crippen LogP contribution in [0, 0.1) is 5.92 Å². The van der Waals surface area contributed by atoms with E-state index in [0.717, 1.165) is 0 Å². The number of likely N-dealkylation sites (N-methyl/N-ethyl adjacent to an activating group) is 1. The summed E-state index contributed by atoms with van der Waals surface area (Å²) in [6.45, 7) is 3.80. The fourth-order valence-corrected chi connectivity index (χ4v) is 1.10. The summed E-state index contributed by atoms with van der Waals surface area (Å²) >= 11 is 0.